The van der Waals surface area contributed by atoms with Crippen LogP contribution in [0.3, 0.4) is 0 Å². The van der Waals surface area contributed by atoms with Crippen molar-refractivity contribution in [3.05, 3.63) is 80.7 Å². The topological polar surface area (TPSA) is 39.4 Å². The average molecular weight is 385 g/mol. The molecule has 0 atom stereocenters. The number of ketones is 1. The highest BCUT2D eigenvalue weighted by molar-refractivity contribution is 6.42. The van der Waals surface area contributed by atoms with Crippen molar-refractivity contribution in [2.75, 3.05) is 0 Å². The number of fused-ring (bicyclic) bond motifs is 1. The molecule has 0 saturated heterocycles. The molecular formula is C21H14Cl2O3. The first-order chi connectivity index (χ1) is 12.4. The van der Waals surface area contributed by atoms with Gasteiger partial charge in [-0.2, -0.15) is 0 Å². The third kappa shape index (κ3) is 2.94. The van der Waals surface area contributed by atoms with Gasteiger partial charge in [-0.15, -0.1) is 0 Å². The summed E-state index contributed by atoms with van der Waals surface area (Å²) < 4.78 is 11.5. The molecule has 0 fully saturated rings. The zero-order chi connectivity index (χ0) is 18.4. The van der Waals surface area contributed by atoms with Crippen LogP contribution >= 0.6 is 23.2 Å². The molecular weight excluding hydrogens is 371 g/mol. The lowest BCUT2D eigenvalue weighted by Gasteiger charge is -2.02. The maximum atomic E-state index is 12.6. The van der Waals surface area contributed by atoms with Gasteiger partial charge in [-0.05, 0) is 67.4 Å². The van der Waals surface area contributed by atoms with Crippen molar-refractivity contribution in [3.8, 4) is 17.1 Å². The normalized spacial score (nSPS) is 14.6. The maximum Gasteiger partial charge on any atom is 0.232 e. The fraction of sp³-hybridized carbons (Fsp3) is 0.0952. The Balaban J connectivity index is 1.65. The van der Waals surface area contributed by atoms with Crippen LogP contribution in [0.5, 0.6) is 5.75 Å². The number of carbonyl (C=O) groups excluding carboxylic acids is 1. The summed E-state index contributed by atoms with van der Waals surface area (Å²) in [6.07, 6.45) is 1.61. The predicted octanol–water partition coefficient (Wildman–Crippen LogP) is 6.49. The van der Waals surface area contributed by atoms with Gasteiger partial charge in [-0.1, -0.05) is 23.2 Å². The summed E-state index contributed by atoms with van der Waals surface area (Å²) in [6.45, 7) is 3.96. The highest BCUT2D eigenvalue weighted by Gasteiger charge is 2.28. The van der Waals surface area contributed by atoms with Gasteiger partial charge in [0.05, 0.1) is 15.6 Å². The highest BCUT2D eigenvalue weighted by atomic mass is 35.5. The summed E-state index contributed by atoms with van der Waals surface area (Å²) in [6, 6.07) is 12.6. The fourth-order valence-electron chi connectivity index (χ4n) is 2.81. The van der Waals surface area contributed by atoms with E-state index in [1.165, 1.54) is 0 Å². The number of allylic oxidation sites excluding steroid dienone is 1. The van der Waals surface area contributed by atoms with Gasteiger partial charge in [-0.3, -0.25) is 4.79 Å². The number of furan rings is 1. The van der Waals surface area contributed by atoms with Crippen LogP contribution in [0.4, 0.5) is 0 Å². The minimum absolute atomic E-state index is 0.143. The lowest BCUT2D eigenvalue weighted by atomic mass is 10.0. The van der Waals surface area contributed by atoms with Gasteiger partial charge < -0.3 is 9.15 Å². The predicted molar refractivity (Wildman–Crippen MR) is 103 cm³/mol. The third-order valence-corrected chi connectivity index (χ3v) is 5.13. The molecule has 130 valence electrons. The molecule has 0 bridgehead atoms. The summed E-state index contributed by atoms with van der Waals surface area (Å²) in [5.41, 5.74) is 3.52. The van der Waals surface area contributed by atoms with Crippen molar-refractivity contribution in [2.45, 2.75) is 13.8 Å². The molecule has 2 aromatic carbocycles. The van der Waals surface area contributed by atoms with Gasteiger partial charge in [0.15, 0.2) is 5.76 Å². The van der Waals surface area contributed by atoms with Crippen LogP contribution in [0.2, 0.25) is 10.0 Å². The SMILES string of the molecule is Cc1cc2c(cc1C)C(=O)C(=Cc1ccc(-c3ccc(Cl)c(Cl)c3)o1)O2. The monoisotopic (exact) mass is 384 g/mol. The molecule has 1 aliphatic heterocycles. The van der Waals surface area contributed by atoms with Crippen LogP contribution in [-0.4, -0.2) is 5.78 Å². The van der Waals surface area contributed by atoms with Crippen LogP contribution in [0.1, 0.15) is 27.2 Å². The molecule has 0 aliphatic carbocycles. The molecule has 1 aromatic heterocycles. The number of hydrogen-bond acceptors (Lipinski definition) is 3. The van der Waals surface area contributed by atoms with Gasteiger partial charge >= 0.3 is 0 Å². The van der Waals surface area contributed by atoms with E-state index in [1.54, 1.807) is 24.3 Å². The third-order valence-electron chi connectivity index (χ3n) is 4.39. The zero-order valence-electron chi connectivity index (χ0n) is 14.1. The number of benzene rings is 2. The molecule has 26 heavy (non-hydrogen) atoms. The molecule has 4 rings (SSSR count). The van der Waals surface area contributed by atoms with E-state index in [1.807, 2.05) is 38.1 Å². The Morgan fingerprint density at radius 2 is 1.69 bits per heavy atom. The quantitative estimate of drug-likeness (QED) is 0.474. The smallest absolute Gasteiger partial charge is 0.232 e. The number of ether oxygens (including phenoxy) is 1. The first-order valence-corrected chi connectivity index (χ1v) is 8.79. The number of halogens is 2. The van der Waals surface area contributed by atoms with E-state index in [9.17, 15) is 4.79 Å². The van der Waals surface area contributed by atoms with Crippen LogP contribution in [0.25, 0.3) is 17.4 Å². The molecule has 5 heteroatoms. The van der Waals surface area contributed by atoms with E-state index in [0.29, 0.717) is 32.9 Å². The molecule has 3 nitrogen and oxygen atoms in total. The first-order valence-electron chi connectivity index (χ1n) is 8.03. The standard InChI is InChI=1S/C21H14Cl2O3/c1-11-7-15-19(8-12(11)2)26-20(21(15)24)10-14-4-6-18(25-14)13-3-5-16(22)17(23)9-13/h3-10H,1-2H3. The number of carbonyl (C=O) groups is 1. The summed E-state index contributed by atoms with van der Waals surface area (Å²) in [7, 11) is 0. The van der Waals surface area contributed by atoms with Crippen molar-refractivity contribution < 1.29 is 13.9 Å². The Labute approximate surface area is 160 Å². The second-order valence-corrected chi connectivity index (χ2v) is 7.02. The molecule has 0 N–H and O–H groups in total. The molecule has 0 spiro atoms. The Hall–Kier alpha value is -2.49. The number of hydrogen-bond donors (Lipinski definition) is 0. The highest BCUT2D eigenvalue weighted by Crippen LogP contribution is 2.35. The molecule has 0 radical (unpaired) electrons. The van der Waals surface area contributed by atoms with Gasteiger partial charge in [-0.25, -0.2) is 0 Å². The summed E-state index contributed by atoms with van der Waals surface area (Å²) in [5.74, 6) is 1.84. The van der Waals surface area contributed by atoms with Crippen molar-refractivity contribution >= 4 is 35.1 Å². The molecule has 1 aliphatic rings. The van der Waals surface area contributed by atoms with Crippen molar-refractivity contribution in [1.29, 1.82) is 0 Å². The zero-order valence-corrected chi connectivity index (χ0v) is 15.6. The van der Waals surface area contributed by atoms with E-state index < -0.39 is 0 Å². The molecule has 0 saturated carbocycles. The Bertz CT molecular complexity index is 1080. The molecule has 2 heterocycles. The first kappa shape index (κ1) is 17.0. The van der Waals surface area contributed by atoms with Gasteiger partial charge in [0.1, 0.15) is 17.3 Å². The van der Waals surface area contributed by atoms with E-state index in [-0.39, 0.29) is 11.5 Å². The molecule has 3 aromatic rings. The van der Waals surface area contributed by atoms with E-state index in [4.69, 9.17) is 32.4 Å². The minimum atomic E-state index is -0.143. The van der Waals surface area contributed by atoms with Crippen LogP contribution in [0, 0.1) is 13.8 Å². The van der Waals surface area contributed by atoms with E-state index in [2.05, 4.69) is 0 Å². The number of rotatable bonds is 2. The van der Waals surface area contributed by atoms with Crippen LogP contribution in [-0.2, 0) is 0 Å². The lowest BCUT2D eigenvalue weighted by Crippen LogP contribution is -1.97. The number of Topliss-reactive ketones (excluding diaryl/α,β-unsaturated/α-hetero) is 1. The Kier molecular flexibility index (Phi) is 4.14. The largest absolute Gasteiger partial charge is 0.457 e. The van der Waals surface area contributed by atoms with E-state index in [0.717, 1.165) is 16.7 Å². The Morgan fingerprint density at radius 1 is 0.923 bits per heavy atom. The van der Waals surface area contributed by atoms with Crippen molar-refractivity contribution in [3.63, 3.8) is 0 Å². The second-order valence-electron chi connectivity index (χ2n) is 6.20. The Morgan fingerprint density at radius 3 is 2.46 bits per heavy atom. The van der Waals surface area contributed by atoms with Crippen molar-refractivity contribution in [2.24, 2.45) is 0 Å². The van der Waals surface area contributed by atoms with Gasteiger partial charge in [0, 0.05) is 11.6 Å². The maximum absolute atomic E-state index is 12.6. The summed E-state index contributed by atoms with van der Waals surface area (Å²) in [4.78, 5) is 12.6. The average Bonchev–Trinajstić information content (AvgIpc) is 3.18. The van der Waals surface area contributed by atoms with Crippen molar-refractivity contribution in [1.82, 2.24) is 0 Å². The van der Waals surface area contributed by atoms with Crippen LogP contribution in [0.15, 0.2) is 52.6 Å². The number of aryl methyl sites for hydroxylation is 2. The van der Waals surface area contributed by atoms with Gasteiger partial charge in [0.25, 0.3) is 0 Å². The second kappa shape index (κ2) is 6.35. The van der Waals surface area contributed by atoms with Crippen LogP contribution < -0.4 is 4.74 Å². The summed E-state index contributed by atoms with van der Waals surface area (Å²) >= 11 is 12.0. The minimum Gasteiger partial charge on any atom is -0.457 e. The molecule has 0 amide bonds. The fourth-order valence-corrected chi connectivity index (χ4v) is 3.11. The lowest BCUT2D eigenvalue weighted by molar-refractivity contribution is 0.101. The van der Waals surface area contributed by atoms with E-state index >= 15 is 0 Å². The van der Waals surface area contributed by atoms with Gasteiger partial charge in [0.2, 0.25) is 5.78 Å². The molecule has 0 unspecified atom stereocenters. The summed E-state index contributed by atoms with van der Waals surface area (Å²) in [5, 5.41) is 0.939.